The van der Waals surface area contributed by atoms with Crippen LogP contribution in [0.5, 0.6) is 11.6 Å². The number of hydrogen-bond acceptors (Lipinski definition) is 5. The number of nitrogens with zero attached hydrogens (tertiary/aromatic N) is 2. The fraction of sp³-hybridized carbons (Fsp3) is 0.176. The second kappa shape index (κ2) is 6.76. The zero-order chi connectivity index (χ0) is 18.8. The highest BCUT2D eigenvalue weighted by molar-refractivity contribution is 5.89. The number of rotatable bonds is 5. The maximum Gasteiger partial charge on any atom is 0.387 e. The van der Waals surface area contributed by atoms with E-state index in [2.05, 4.69) is 9.72 Å². The first kappa shape index (κ1) is 15.4. The van der Waals surface area contributed by atoms with Crippen molar-refractivity contribution in [1.29, 1.82) is 0 Å². The maximum absolute atomic E-state index is 12.6. The summed E-state index contributed by atoms with van der Waals surface area (Å²) in [6, 6.07) is 8.27. The van der Waals surface area contributed by atoms with E-state index >= 15 is 0 Å². The van der Waals surface area contributed by atoms with Gasteiger partial charge in [0, 0.05) is 23.2 Å². The number of aromatic nitrogens is 2. The van der Waals surface area contributed by atoms with Crippen LogP contribution < -0.4 is 20.8 Å². The van der Waals surface area contributed by atoms with Gasteiger partial charge in [-0.05, 0) is 37.3 Å². The van der Waals surface area contributed by atoms with E-state index in [0.29, 0.717) is 23.6 Å². The molecule has 0 aliphatic heterocycles. The minimum atomic E-state index is -2.95. The van der Waals surface area contributed by atoms with Crippen LogP contribution in [-0.2, 0) is 0 Å². The third kappa shape index (κ3) is 3.37. The number of ether oxygens (including phenoxy) is 2. The number of pyridine rings is 2. The first-order valence-electron chi connectivity index (χ1n) is 7.92. The third-order valence-electron chi connectivity index (χ3n) is 3.41. The molecule has 0 unspecified atom stereocenters. The van der Waals surface area contributed by atoms with Crippen molar-refractivity contribution in [2.45, 2.75) is 13.5 Å². The second-order valence-electron chi connectivity index (χ2n) is 5.01. The minimum Gasteiger partial charge on any atom is -0.478 e. The van der Waals surface area contributed by atoms with E-state index in [1.165, 1.54) is 28.8 Å². The molecule has 25 heavy (non-hydrogen) atoms. The molecular weight excluding hydrogens is 332 g/mol. The average Bonchev–Trinajstić information content (AvgIpc) is 2.61. The molecule has 0 amide bonds. The molecule has 130 valence electrons. The largest absolute Gasteiger partial charge is 0.478 e. The van der Waals surface area contributed by atoms with Gasteiger partial charge in [-0.2, -0.15) is 13.8 Å². The van der Waals surface area contributed by atoms with Crippen LogP contribution in [0.1, 0.15) is 8.29 Å². The normalized spacial score (nSPS) is 11.6. The lowest BCUT2D eigenvalue weighted by Crippen LogP contribution is -2.20. The molecule has 0 spiro atoms. The molecule has 2 N–H and O–H groups in total. The number of anilines is 1. The molecular formula is C17H15F2N3O3. The Labute approximate surface area is 142 Å². The van der Waals surface area contributed by atoms with Gasteiger partial charge < -0.3 is 15.2 Å². The van der Waals surface area contributed by atoms with Crippen LogP contribution in [0.4, 0.5) is 14.5 Å². The van der Waals surface area contributed by atoms with Gasteiger partial charge in [0.2, 0.25) is 5.88 Å². The first-order chi connectivity index (χ1) is 12.4. The second-order valence-corrected chi connectivity index (χ2v) is 5.01. The summed E-state index contributed by atoms with van der Waals surface area (Å²) in [5.74, 6) is 0.244. The van der Waals surface area contributed by atoms with Crippen LogP contribution in [0.25, 0.3) is 16.7 Å². The number of nitrogen functional groups attached to an aromatic ring is 1. The fourth-order valence-electron chi connectivity index (χ4n) is 2.39. The van der Waals surface area contributed by atoms with Gasteiger partial charge in [-0.15, -0.1) is 0 Å². The summed E-state index contributed by atoms with van der Waals surface area (Å²) in [6.45, 7) is -0.771. The topological polar surface area (TPSA) is 79.4 Å². The Bertz CT molecular complexity index is 1010. The summed E-state index contributed by atoms with van der Waals surface area (Å²) in [7, 11) is 0. The maximum atomic E-state index is 12.6. The molecule has 2 aromatic heterocycles. The van der Waals surface area contributed by atoms with E-state index < -0.39 is 12.2 Å². The molecule has 3 aromatic rings. The standard InChI is InChI=1S/C17H15F2N3O3/c1-2-24-14-8-7-12-13(20)9-15(23)22(16(12)21-14)10-3-5-11(6-4-10)25-17(18)19/h3-9,17H,2,20H2,1H3/i9D. The lowest BCUT2D eigenvalue weighted by Gasteiger charge is -2.13. The van der Waals surface area contributed by atoms with Gasteiger partial charge in [0.1, 0.15) is 5.75 Å². The average molecular weight is 348 g/mol. The smallest absolute Gasteiger partial charge is 0.387 e. The fourth-order valence-corrected chi connectivity index (χ4v) is 2.39. The van der Waals surface area contributed by atoms with Crippen molar-refractivity contribution in [3.63, 3.8) is 0 Å². The van der Waals surface area contributed by atoms with Crippen molar-refractivity contribution < 1.29 is 19.6 Å². The van der Waals surface area contributed by atoms with E-state index in [0.717, 1.165) is 0 Å². The highest BCUT2D eigenvalue weighted by Gasteiger charge is 2.12. The van der Waals surface area contributed by atoms with E-state index in [1.807, 2.05) is 0 Å². The summed E-state index contributed by atoms with van der Waals surface area (Å²) < 4.78 is 43.4. The molecule has 3 rings (SSSR count). The first-order valence-corrected chi connectivity index (χ1v) is 7.42. The predicted molar refractivity (Wildman–Crippen MR) is 89.6 cm³/mol. The zero-order valence-corrected chi connectivity index (χ0v) is 13.2. The van der Waals surface area contributed by atoms with Crippen LogP contribution in [0.3, 0.4) is 0 Å². The number of nitrogens with two attached hydrogens (primary N) is 1. The SMILES string of the molecule is [2H]c1c(N)c2ccc(OCC)nc2n(-c2ccc(OC(F)F)cc2)c1=O. The molecule has 0 fully saturated rings. The van der Waals surface area contributed by atoms with Crippen LogP contribution >= 0.6 is 0 Å². The van der Waals surface area contributed by atoms with Crippen molar-refractivity contribution in [2.24, 2.45) is 0 Å². The minimum absolute atomic E-state index is 0.00875. The molecule has 0 saturated carbocycles. The molecule has 2 heterocycles. The Morgan fingerprint density at radius 2 is 2.00 bits per heavy atom. The summed E-state index contributed by atoms with van der Waals surface area (Å²) in [6.07, 6.45) is 0. The Morgan fingerprint density at radius 1 is 1.28 bits per heavy atom. The molecule has 6 nitrogen and oxygen atoms in total. The number of fused-ring (bicyclic) bond motifs is 1. The summed E-state index contributed by atoms with van der Waals surface area (Å²) in [5, 5.41) is 0.408. The lowest BCUT2D eigenvalue weighted by atomic mass is 10.2. The summed E-state index contributed by atoms with van der Waals surface area (Å²) in [4.78, 5) is 16.9. The van der Waals surface area contributed by atoms with Gasteiger partial charge in [-0.3, -0.25) is 9.36 Å². The predicted octanol–water partition coefficient (Wildman–Crippen LogP) is 2.97. The Balaban J connectivity index is 2.23. The molecule has 0 aliphatic rings. The monoisotopic (exact) mass is 348 g/mol. The number of alkyl halides is 2. The van der Waals surface area contributed by atoms with Crippen LogP contribution in [-0.4, -0.2) is 22.8 Å². The van der Waals surface area contributed by atoms with Gasteiger partial charge in [-0.1, -0.05) is 0 Å². The summed E-state index contributed by atoms with van der Waals surface area (Å²) >= 11 is 0. The molecule has 8 heteroatoms. The molecule has 0 radical (unpaired) electrons. The summed E-state index contributed by atoms with van der Waals surface area (Å²) in [5.41, 5.74) is 5.75. The molecule has 0 atom stereocenters. The highest BCUT2D eigenvalue weighted by atomic mass is 19.3. The number of halogens is 2. The van der Waals surface area contributed by atoms with E-state index in [1.54, 1.807) is 19.1 Å². The Kier molecular flexibility index (Phi) is 4.16. The van der Waals surface area contributed by atoms with Crippen molar-refractivity contribution in [2.75, 3.05) is 12.3 Å². The van der Waals surface area contributed by atoms with Crippen molar-refractivity contribution in [3.8, 4) is 17.3 Å². The molecule has 1 aromatic carbocycles. The highest BCUT2D eigenvalue weighted by Crippen LogP contribution is 2.24. The zero-order valence-electron chi connectivity index (χ0n) is 14.2. The Morgan fingerprint density at radius 3 is 2.64 bits per heavy atom. The Hall–Kier alpha value is -3.16. The van der Waals surface area contributed by atoms with Crippen molar-refractivity contribution in [1.82, 2.24) is 9.55 Å². The van der Waals surface area contributed by atoms with Gasteiger partial charge in [0.15, 0.2) is 5.65 Å². The lowest BCUT2D eigenvalue weighted by molar-refractivity contribution is -0.0498. The molecule has 0 saturated heterocycles. The van der Waals surface area contributed by atoms with E-state index in [-0.39, 0.29) is 23.1 Å². The van der Waals surface area contributed by atoms with Gasteiger partial charge >= 0.3 is 6.61 Å². The van der Waals surface area contributed by atoms with Crippen molar-refractivity contribution in [3.05, 3.63) is 52.8 Å². The van der Waals surface area contributed by atoms with Crippen LogP contribution in [0, 0.1) is 0 Å². The quantitative estimate of drug-likeness (QED) is 0.767. The van der Waals surface area contributed by atoms with Crippen molar-refractivity contribution >= 4 is 16.7 Å². The third-order valence-corrected chi connectivity index (χ3v) is 3.41. The van der Waals surface area contributed by atoms with Gasteiger partial charge in [0.25, 0.3) is 5.56 Å². The van der Waals surface area contributed by atoms with Crippen LogP contribution in [0.15, 0.2) is 47.2 Å². The number of hydrogen-bond donors (Lipinski definition) is 1. The molecule has 0 bridgehead atoms. The van der Waals surface area contributed by atoms with Crippen LogP contribution in [0.2, 0.25) is 0 Å². The van der Waals surface area contributed by atoms with E-state index in [4.69, 9.17) is 11.8 Å². The molecule has 0 aliphatic carbocycles. The number of benzene rings is 1. The van der Waals surface area contributed by atoms with E-state index in [9.17, 15) is 13.6 Å². The van der Waals surface area contributed by atoms with Gasteiger partial charge in [0.05, 0.1) is 13.7 Å². The van der Waals surface area contributed by atoms with Gasteiger partial charge in [-0.25, -0.2) is 0 Å².